The molecule has 0 radical (unpaired) electrons. The number of hydrogen-bond donors (Lipinski definition) is 1. The minimum absolute atomic E-state index is 0.504. The average Bonchev–Trinajstić information content (AvgIpc) is 3.56. The van der Waals surface area contributed by atoms with Crippen molar-refractivity contribution in [1.82, 2.24) is 9.80 Å². The molecule has 0 amide bonds. The highest BCUT2D eigenvalue weighted by atomic mass is 16.5. The number of ether oxygens (including phenoxy) is 1. The lowest BCUT2D eigenvalue weighted by Gasteiger charge is -2.37. The van der Waals surface area contributed by atoms with Crippen LogP contribution in [0.5, 0.6) is 11.5 Å². The molecule has 0 spiro atoms. The molecule has 2 aromatic carbocycles. The van der Waals surface area contributed by atoms with Gasteiger partial charge in [-0.1, -0.05) is 19.1 Å². The highest BCUT2D eigenvalue weighted by molar-refractivity contribution is 6.04. The molecule has 2 aromatic rings. The molecular formula is C25H29N3O3. The third-order valence-electron chi connectivity index (χ3n) is 6.76. The lowest BCUT2D eigenvalue weighted by molar-refractivity contribution is -0.144. The van der Waals surface area contributed by atoms with Crippen molar-refractivity contribution in [3.8, 4) is 11.5 Å². The van der Waals surface area contributed by atoms with E-state index in [2.05, 4.69) is 47.9 Å². The molecule has 3 aliphatic rings. The fraction of sp³-hybridized carbons (Fsp3) is 0.440. The van der Waals surface area contributed by atoms with Crippen molar-refractivity contribution in [3.63, 3.8) is 0 Å². The normalized spacial score (nSPS) is 19.5. The quantitative estimate of drug-likeness (QED) is 0.804. The van der Waals surface area contributed by atoms with Gasteiger partial charge in [0.25, 0.3) is 0 Å². The Balaban J connectivity index is 1.42. The van der Waals surface area contributed by atoms with Crippen LogP contribution in [0.15, 0.2) is 41.4 Å². The first-order chi connectivity index (χ1) is 15.0. The maximum Gasteiger partial charge on any atom is 0.310 e. The summed E-state index contributed by atoms with van der Waals surface area (Å²) in [5.74, 6) is 1.94. The maximum absolute atomic E-state index is 11.6. The Bertz CT molecular complexity index is 1050. The first-order valence-corrected chi connectivity index (χ1v) is 11.2. The number of nitrogens with zero attached hydrogens (tertiary/aromatic N) is 3. The van der Waals surface area contributed by atoms with E-state index in [9.17, 15) is 9.90 Å². The van der Waals surface area contributed by atoms with Gasteiger partial charge in [-0.15, -0.1) is 0 Å². The van der Waals surface area contributed by atoms with Crippen LogP contribution in [0.1, 0.15) is 36.5 Å². The summed E-state index contributed by atoms with van der Waals surface area (Å²) >= 11 is 0. The first-order valence-electron chi connectivity index (χ1n) is 11.2. The highest BCUT2D eigenvalue weighted by Gasteiger charge is 2.51. The molecule has 6 heteroatoms. The molecule has 2 fully saturated rings. The molecular weight excluding hydrogens is 390 g/mol. The van der Waals surface area contributed by atoms with Gasteiger partial charge in [0.05, 0.1) is 11.0 Å². The van der Waals surface area contributed by atoms with E-state index in [0.29, 0.717) is 6.54 Å². The van der Waals surface area contributed by atoms with Crippen LogP contribution in [0.3, 0.4) is 0 Å². The minimum atomic E-state index is -0.646. The van der Waals surface area contributed by atoms with E-state index in [1.54, 1.807) is 0 Å². The largest absolute Gasteiger partial charge is 0.481 e. The number of aryl methyl sites for hydroxylation is 2. The Kier molecular flexibility index (Phi) is 4.97. The smallest absolute Gasteiger partial charge is 0.310 e. The number of piperazine rings is 1. The summed E-state index contributed by atoms with van der Waals surface area (Å²) in [5, 5.41) is 9.52. The highest BCUT2D eigenvalue weighted by Crippen LogP contribution is 2.46. The Morgan fingerprint density at radius 3 is 2.55 bits per heavy atom. The number of carboxylic acid groups (broad SMARTS) is 1. The third-order valence-corrected chi connectivity index (χ3v) is 6.76. The zero-order valence-electron chi connectivity index (χ0n) is 18.2. The maximum atomic E-state index is 11.6. The number of fused-ring (bicyclic) bond motifs is 2. The number of aliphatic imine (C=N–C) groups is 1. The van der Waals surface area contributed by atoms with Crippen LogP contribution in [-0.4, -0.2) is 59.4 Å². The second-order valence-corrected chi connectivity index (χ2v) is 9.04. The van der Waals surface area contributed by atoms with Crippen LogP contribution >= 0.6 is 0 Å². The summed E-state index contributed by atoms with van der Waals surface area (Å²) in [6.45, 7) is 8.20. The molecule has 162 valence electrons. The van der Waals surface area contributed by atoms with Gasteiger partial charge in [-0.2, -0.15) is 0 Å². The van der Waals surface area contributed by atoms with Crippen LogP contribution in [-0.2, 0) is 11.2 Å². The monoisotopic (exact) mass is 419 g/mol. The Morgan fingerprint density at radius 2 is 1.87 bits per heavy atom. The van der Waals surface area contributed by atoms with Crippen LogP contribution in [0.4, 0.5) is 5.69 Å². The van der Waals surface area contributed by atoms with Gasteiger partial charge >= 0.3 is 5.97 Å². The number of amidine groups is 1. The number of rotatable bonds is 4. The second-order valence-electron chi connectivity index (χ2n) is 9.04. The Hall–Kier alpha value is -2.86. The molecule has 31 heavy (non-hydrogen) atoms. The predicted octanol–water partition coefficient (Wildman–Crippen LogP) is 4.22. The van der Waals surface area contributed by atoms with Crippen LogP contribution < -0.4 is 4.74 Å². The third kappa shape index (κ3) is 3.81. The summed E-state index contributed by atoms with van der Waals surface area (Å²) < 4.78 is 6.35. The number of aliphatic carboxylic acids is 1. The summed E-state index contributed by atoms with van der Waals surface area (Å²) in [4.78, 5) is 21.2. The summed E-state index contributed by atoms with van der Waals surface area (Å²) in [7, 11) is 0. The summed E-state index contributed by atoms with van der Waals surface area (Å²) in [6, 6.07) is 12.5. The van der Waals surface area contributed by atoms with Crippen LogP contribution in [0, 0.1) is 12.3 Å². The van der Waals surface area contributed by atoms with E-state index >= 15 is 0 Å². The number of carbonyl (C=O) groups is 1. The van der Waals surface area contributed by atoms with Gasteiger partial charge in [-0.25, -0.2) is 4.99 Å². The second kappa shape index (κ2) is 7.68. The van der Waals surface area contributed by atoms with Crippen LogP contribution in [0.25, 0.3) is 0 Å². The van der Waals surface area contributed by atoms with Gasteiger partial charge in [0.1, 0.15) is 17.3 Å². The van der Waals surface area contributed by atoms with E-state index in [4.69, 9.17) is 9.73 Å². The predicted molar refractivity (Wildman–Crippen MR) is 121 cm³/mol. The van der Waals surface area contributed by atoms with E-state index < -0.39 is 11.4 Å². The van der Waals surface area contributed by atoms with Crippen molar-refractivity contribution >= 4 is 17.5 Å². The first kappa shape index (κ1) is 20.1. The summed E-state index contributed by atoms with van der Waals surface area (Å²) in [5.41, 5.74) is 3.74. The van der Waals surface area contributed by atoms with E-state index in [-0.39, 0.29) is 0 Å². The van der Waals surface area contributed by atoms with Gasteiger partial charge in [-0.3, -0.25) is 9.69 Å². The molecule has 1 saturated carbocycles. The fourth-order valence-corrected chi connectivity index (χ4v) is 4.52. The van der Waals surface area contributed by atoms with Gasteiger partial charge < -0.3 is 14.7 Å². The van der Waals surface area contributed by atoms with Gasteiger partial charge in [0.2, 0.25) is 0 Å². The van der Waals surface area contributed by atoms with Crippen molar-refractivity contribution in [2.75, 3.05) is 32.7 Å². The topological polar surface area (TPSA) is 65.4 Å². The van der Waals surface area contributed by atoms with E-state index in [0.717, 1.165) is 79.6 Å². The van der Waals surface area contributed by atoms with Crippen molar-refractivity contribution < 1.29 is 14.6 Å². The fourth-order valence-electron chi connectivity index (χ4n) is 4.52. The lowest BCUT2D eigenvalue weighted by atomic mass is 10.1. The lowest BCUT2D eigenvalue weighted by Crippen LogP contribution is -2.50. The standard InChI is InChI=1S/C25H29N3O3/c1-3-18-5-6-19-21(15-18)31-22-14-17(2)4-7-20(22)26-23(19)28-12-10-27(11-13-28)16-25(8-9-25)24(29)30/h4-7,14-15H,3,8-13,16H2,1-2H3,(H,29,30). The average molecular weight is 420 g/mol. The van der Waals surface area contributed by atoms with E-state index in [1.807, 2.05) is 12.1 Å². The molecule has 0 unspecified atom stereocenters. The molecule has 5 rings (SSSR count). The van der Waals surface area contributed by atoms with E-state index in [1.165, 1.54) is 5.56 Å². The molecule has 1 aliphatic carbocycles. The van der Waals surface area contributed by atoms with Crippen molar-refractivity contribution in [3.05, 3.63) is 53.1 Å². The minimum Gasteiger partial charge on any atom is -0.481 e. The number of carboxylic acids is 1. The molecule has 2 heterocycles. The van der Waals surface area contributed by atoms with Gasteiger partial charge in [0.15, 0.2) is 5.75 Å². The number of benzene rings is 2. The Morgan fingerprint density at radius 1 is 1.10 bits per heavy atom. The molecule has 6 nitrogen and oxygen atoms in total. The van der Waals surface area contributed by atoms with Crippen molar-refractivity contribution in [1.29, 1.82) is 0 Å². The van der Waals surface area contributed by atoms with Crippen molar-refractivity contribution in [2.24, 2.45) is 10.4 Å². The molecule has 0 atom stereocenters. The number of hydrogen-bond acceptors (Lipinski definition) is 5. The SMILES string of the molecule is CCc1ccc2c(c1)Oc1cc(C)ccc1N=C2N1CCN(CC2(C(=O)O)CC2)CC1. The Labute approximate surface area is 183 Å². The molecule has 0 bridgehead atoms. The molecule has 2 aliphatic heterocycles. The zero-order valence-corrected chi connectivity index (χ0v) is 18.2. The van der Waals surface area contributed by atoms with Gasteiger partial charge in [-0.05, 0) is 61.6 Å². The van der Waals surface area contributed by atoms with Gasteiger partial charge in [0, 0.05) is 32.7 Å². The van der Waals surface area contributed by atoms with Crippen molar-refractivity contribution in [2.45, 2.75) is 33.1 Å². The van der Waals surface area contributed by atoms with Crippen LogP contribution in [0.2, 0.25) is 0 Å². The zero-order chi connectivity index (χ0) is 21.6. The molecule has 0 aromatic heterocycles. The molecule has 1 saturated heterocycles. The molecule has 1 N–H and O–H groups in total. The summed E-state index contributed by atoms with van der Waals surface area (Å²) in [6.07, 6.45) is 2.56.